The Bertz CT molecular complexity index is 652. The van der Waals surface area contributed by atoms with Crippen LogP contribution in [-0.4, -0.2) is 21.2 Å². The van der Waals surface area contributed by atoms with E-state index < -0.39 is 5.54 Å². The average molecular weight is 296 g/mol. The van der Waals surface area contributed by atoms with Gasteiger partial charge in [0.2, 0.25) is 5.91 Å². The maximum atomic E-state index is 11.1. The van der Waals surface area contributed by atoms with Crippen LogP contribution >= 0.6 is 11.6 Å². The van der Waals surface area contributed by atoms with Crippen molar-refractivity contribution in [3.8, 4) is 17.2 Å². The summed E-state index contributed by atoms with van der Waals surface area (Å²) >= 11 is 5.74. The SMILES string of the molecule is CC(=O)NC(C)(C)c1noc(-c2ccc(Cl)c(O)c2)n1. The first kappa shape index (κ1) is 14.3. The monoisotopic (exact) mass is 295 g/mol. The lowest BCUT2D eigenvalue weighted by Crippen LogP contribution is -2.40. The molecular formula is C13H14ClN3O3. The zero-order valence-electron chi connectivity index (χ0n) is 11.3. The highest BCUT2D eigenvalue weighted by atomic mass is 35.5. The summed E-state index contributed by atoms with van der Waals surface area (Å²) in [4.78, 5) is 15.4. The van der Waals surface area contributed by atoms with E-state index >= 15 is 0 Å². The van der Waals surface area contributed by atoms with Gasteiger partial charge < -0.3 is 14.9 Å². The molecule has 0 bridgehead atoms. The van der Waals surface area contributed by atoms with Crippen molar-refractivity contribution in [2.45, 2.75) is 26.3 Å². The number of hydrogen-bond donors (Lipinski definition) is 2. The minimum atomic E-state index is -0.748. The van der Waals surface area contributed by atoms with Gasteiger partial charge in [-0.3, -0.25) is 4.79 Å². The number of phenolic OH excluding ortho intramolecular Hbond substituents is 1. The number of phenols is 1. The molecule has 0 unspecified atom stereocenters. The Morgan fingerprint density at radius 1 is 1.45 bits per heavy atom. The molecule has 2 N–H and O–H groups in total. The van der Waals surface area contributed by atoms with Crippen LogP contribution < -0.4 is 5.32 Å². The third kappa shape index (κ3) is 2.91. The first-order chi connectivity index (χ1) is 9.29. The molecule has 0 aliphatic heterocycles. The van der Waals surface area contributed by atoms with Gasteiger partial charge in [-0.25, -0.2) is 0 Å². The van der Waals surface area contributed by atoms with Gasteiger partial charge in [-0.05, 0) is 32.0 Å². The average Bonchev–Trinajstić information content (AvgIpc) is 2.81. The van der Waals surface area contributed by atoms with Crippen LogP contribution in [0.3, 0.4) is 0 Å². The highest BCUT2D eigenvalue weighted by molar-refractivity contribution is 6.32. The summed E-state index contributed by atoms with van der Waals surface area (Å²) < 4.78 is 5.15. The van der Waals surface area contributed by atoms with Crippen LogP contribution in [0, 0.1) is 0 Å². The van der Waals surface area contributed by atoms with Gasteiger partial charge in [0.25, 0.3) is 5.89 Å². The number of nitrogens with zero attached hydrogens (tertiary/aromatic N) is 2. The maximum absolute atomic E-state index is 11.1. The molecule has 1 aromatic heterocycles. The topological polar surface area (TPSA) is 88.2 Å². The maximum Gasteiger partial charge on any atom is 0.258 e. The number of halogens is 1. The van der Waals surface area contributed by atoms with Gasteiger partial charge in [-0.2, -0.15) is 4.98 Å². The molecule has 0 atom stereocenters. The third-order valence-electron chi connectivity index (χ3n) is 2.67. The summed E-state index contributed by atoms with van der Waals surface area (Å²) in [5.74, 6) is 0.332. The van der Waals surface area contributed by atoms with Crippen LogP contribution in [0.1, 0.15) is 26.6 Å². The first-order valence-corrected chi connectivity index (χ1v) is 6.29. The number of amides is 1. The highest BCUT2D eigenvalue weighted by Crippen LogP contribution is 2.29. The van der Waals surface area contributed by atoms with Gasteiger partial charge in [-0.15, -0.1) is 0 Å². The van der Waals surface area contributed by atoms with Crippen molar-refractivity contribution in [3.05, 3.63) is 29.0 Å². The van der Waals surface area contributed by atoms with Crippen molar-refractivity contribution in [3.63, 3.8) is 0 Å². The van der Waals surface area contributed by atoms with Crippen molar-refractivity contribution in [2.75, 3.05) is 0 Å². The molecule has 6 nitrogen and oxygen atoms in total. The minimum absolute atomic E-state index is 0.0648. The molecule has 2 aromatic rings. The lowest BCUT2D eigenvalue weighted by Gasteiger charge is -2.20. The molecule has 0 aliphatic rings. The van der Waals surface area contributed by atoms with Crippen molar-refractivity contribution < 1.29 is 14.4 Å². The molecule has 1 aromatic carbocycles. The van der Waals surface area contributed by atoms with E-state index in [2.05, 4.69) is 15.5 Å². The van der Waals surface area contributed by atoms with Crippen molar-refractivity contribution in [1.29, 1.82) is 0 Å². The van der Waals surface area contributed by atoms with Gasteiger partial charge in [0.1, 0.15) is 5.75 Å². The number of aromatic hydroxyl groups is 1. The lowest BCUT2D eigenvalue weighted by atomic mass is 10.1. The number of hydrogen-bond acceptors (Lipinski definition) is 5. The molecule has 0 radical (unpaired) electrons. The molecule has 1 amide bonds. The summed E-state index contributed by atoms with van der Waals surface area (Å²) in [6.07, 6.45) is 0. The highest BCUT2D eigenvalue weighted by Gasteiger charge is 2.27. The minimum Gasteiger partial charge on any atom is -0.506 e. The Morgan fingerprint density at radius 2 is 2.15 bits per heavy atom. The summed E-state index contributed by atoms with van der Waals surface area (Å²) in [6.45, 7) is 4.95. The zero-order valence-corrected chi connectivity index (χ0v) is 12.0. The fourth-order valence-corrected chi connectivity index (χ4v) is 1.85. The second-order valence-electron chi connectivity index (χ2n) is 4.90. The van der Waals surface area contributed by atoms with Gasteiger partial charge in [0.05, 0.1) is 10.6 Å². The van der Waals surface area contributed by atoms with Crippen LogP contribution in [-0.2, 0) is 10.3 Å². The largest absolute Gasteiger partial charge is 0.506 e. The predicted molar refractivity (Wildman–Crippen MR) is 73.3 cm³/mol. The van der Waals surface area contributed by atoms with Crippen LogP contribution in [0.4, 0.5) is 0 Å². The molecule has 2 rings (SSSR count). The van der Waals surface area contributed by atoms with Gasteiger partial charge in [0.15, 0.2) is 5.82 Å². The Morgan fingerprint density at radius 3 is 2.75 bits per heavy atom. The molecule has 0 saturated heterocycles. The van der Waals surface area contributed by atoms with E-state index in [0.29, 0.717) is 11.4 Å². The van der Waals surface area contributed by atoms with E-state index in [1.54, 1.807) is 19.9 Å². The molecule has 0 fully saturated rings. The quantitative estimate of drug-likeness (QED) is 0.908. The Labute approximate surface area is 120 Å². The molecular weight excluding hydrogens is 282 g/mol. The number of carbonyl (C=O) groups is 1. The molecule has 0 saturated carbocycles. The molecule has 106 valence electrons. The van der Waals surface area contributed by atoms with Crippen molar-refractivity contribution in [1.82, 2.24) is 15.5 Å². The normalized spacial score (nSPS) is 11.4. The van der Waals surface area contributed by atoms with Gasteiger partial charge in [-0.1, -0.05) is 16.8 Å². The zero-order chi connectivity index (χ0) is 14.9. The molecule has 1 heterocycles. The standard InChI is InChI=1S/C13H14ClN3O3/c1-7(18)16-13(2,3)12-15-11(20-17-12)8-4-5-9(14)10(19)6-8/h4-6,19H,1-3H3,(H,16,18). The predicted octanol–water partition coefficient (Wildman–Crippen LogP) is 2.47. The fraction of sp³-hybridized carbons (Fsp3) is 0.308. The Balaban J connectivity index is 2.33. The summed E-state index contributed by atoms with van der Waals surface area (Å²) in [5, 5.41) is 16.4. The van der Waals surface area contributed by atoms with E-state index in [9.17, 15) is 9.90 Å². The van der Waals surface area contributed by atoms with Crippen molar-refractivity contribution >= 4 is 17.5 Å². The van der Waals surface area contributed by atoms with Crippen LogP contribution in [0.15, 0.2) is 22.7 Å². The smallest absolute Gasteiger partial charge is 0.258 e. The number of aromatic nitrogens is 2. The molecule has 0 aliphatic carbocycles. The van der Waals surface area contributed by atoms with Crippen LogP contribution in [0.25, 0.3) is 11.5 Å². The van der Waals surface area contributed by atoms with Gasteiger partial charge in [0, 0.05) is 12.5 Å². The number of rotatable bonds is 3. The Kier molecular flexibility index (Phi) is 3.67. The lowest BCUT2D eigenvalue weighted by molar-refractivity contribution is -0.120. The van der Waals surface area contributed by atoms with E-state index in [4.69, 9.17) is 16.1 Å². The Hall–Kier alpha value is -2.08. The summed E-state index contributed by atoms with van der Waals surface area (Å²) in [5.41, 5.74) is -0.202. The van der Waals surface area contributed by atoms with E-state index in [1.165, 1.54) is 19.1 Å². The number of benzene rings is 1. The molecule has 7 heteroatoms. The second kappa shape index (κ2) is 5.13. The van der Waals surface area contributed by atoms with E-state index in [0.717, 1.165) is 0 Å². The number of carbonyl (C=O) groups excluding carboxylic acids is 1. The number of nitrogens with one attached hydrogen (secondary N) is 1. The molecule has 0 spiro atoms. The van der Waals surface area contributed by atoms with Crippen molar-refractivity contribution in [2.24, 2.45) is 0 Å². The van der Waals surface area contributed by atoms with Gasteiger partial charge >= 0.3 is 0 Å². The molecule has 20 heavy (non-hydrogen) atoms. The first-order valence-electron chi connectivity index (χ1n) is 5.91. The summed E-state index contributed by atoms with van der Waals surface area (Å²) in [7, 11) is 0. The summed E-state index contributed by atoms with van der Waals surface area (Å²) in [6, 6.07) is 4.63. The van der Waals surface area contributed by atoms with Crippen LogP contribution in [0.2, 0.25) is 5.02 Å². The second-order valence-corrected chi connectivity index (χ2v) is 5.30. The van der Waals surface area contributed by atoms with E-state index in [-0.39, 0.29) is 22.6 Å². The fourth-order valence-electron chi connectivity index (χ4n) is 1.74. The third-order valence-corrected chi connectivity index (χ3v) is 2.99. The van der Waals surface area contributed by atoms with E-state index in [1.807, 2.05) is 0 Å². The van der Waals surface area contributed by atoms with Crippen LogP contribution in [0.5, 0.6) is 5.75 Å².